The number of carbonyl (C=O) groups is 2. The van der Waals surface area contributed by atoms with Gasteiger partial charge in [-0.05, 0) is 48.4 Å². The molecule has 0 aromatic heterocycles. The number of aliphatic hydroxyl groups excluding tert-OH is 1. The van der Waals surface area contributed by atoms with E-state index >= 15 is 0 Å². The Morgan fingerprint density at radius 3 is 2.33 bits per heavy atom. The first-order valence-electron chi connectivity index (χ1n) is 8.74. The summed E-state index contributed by atoms with van der Waals surface area (Å²) in [5.74, 6) is -1.42. The summed E-state index contributed by atoms with van der Waals surface area (Å²) in [5, 5.41) is 11.4. The van der Waals surface area contributed by atoms with Crippen molar-refractivity contribution in [3.8, 4) is 0 Å². The van der Waals surface area contributed by atoms with Gasteiger partial charge in [-0.25, -0.2) is 0 Å². The number of amides is 1. The van der Waals surface area contributed by atoms with Crippen LogP contribution in [0.1, 0.15) is 36.9 Å². The number of rotatable bonds is 5. The fourth-order valence-corrected chi connectivity index (χ4v) is 3.58. The monoisotopic (exact) mass is 447 g/mol. The number of halogens is 2. The van der Waals surface area contributed by atoms with Crippen LogP contribution in [0.4, 0.5) is 0 Å². The Balaban J connectivity index is 2.14. The number of Topliss-reactive ketones (excluding diaryl/α,β-unsaturated/α-hetero) is 1. The summed E-state index contributed by atoms with van der Waals surface area (Å²) in [7, 11) is 0. The molecule has 1 fully saturated rings. The predicted octanol–water partition coefficient (Wildman–Crippen LogP) is 5.32. The van der Waals surface area contributed by atoms with Crippen LogP contribution in [0, 0.1) is 0 Å². The van der Waals surface area contributed by atoms with Crippen molar-refractivity contribution in [3.63, 3.8) is 0 Å². The third-order valence-corrected chi connectivity index (χ3v) is 5.38. The van der Waals surface area contributed by atoms with Gasteiger partial charge in [0.25, 0.3) is 11.7 Å². The third kappa shape index (κ3) is 3.94. The highest BCUT2D eigenvalue weighted by atomic mass is 79.9. The minimum Gasteiger partial charge on any atom is -0.507 e. The molecule has 0 bridgehead atoms. The molecule has 0 radical (unpaired) electrons. The highest BCUT2D eigenvalue weighted by Gasteiger charge is 2.45. The molecule has 0 saturated carbocycles. The lowest BCUT2D eigenvalue weighted by Gasteiger charge is -2.25. The fourth-order valence-electron chi connectivity index (χ4n) is 3.19. The van der Waals surface area contributed by atoms with Crippen LogP contribution in [0.15, 0.2) is 58.6 Å². The molecule has 6 heteroatoms. The molecule has 1 saturated heterocycles. The second-order valence-electron chi connectivity index (χ2n) is 6.40. The van der Waals surface area contributed by atoms with Crippen LogP contribution in [-0.2, 0) is 9.59 Å². The van der Waals surface area contributed by atoms with E-state index in [-0.39, 0.29) is 11.3 Å². The zero-order chi connectivity index (χ0) is 19.6. The molecular formula is C21H19BrClNO3. The van der Waals surface area contributed by atoms with E-state index in [1.807, 2.05) is 31.2 Å². The summed E-state index contributed by atoms with van der Waals surface area (Å²) in [6, 6.07) is 13.4. The minimum absolute atomic E-state index is 0.112. The summed E-state index contributed by atoms with van der Waals surface area (Å²) in [5.41, 5.74) is 1.35. The van der Waals surface area contributed by atoms with Gasteiger partial charge >= 0.3 is 0 Å². The van der Waals surface area contributed by atoms with Crippen LogP contribution >= 0.6 is 27.5 Å². The molecule has 2 aromatic rings. The number of aliphatic hydroxyl groups is 1. The first-order valence-corrected chi connectivity index (χ1v) is 9.91. The number of benzene rings is 2. The van der Waals surface area contributed by atoms with Crippen LogP contribution in [0.5, 0.6) is 0 Å². The van der Waals surface area contributed by atoms with Gasteiger partial charge < -0.3 is 10.0 Å². The molecule has 2 aromatic carbocycles. The number of ketones is 1. The maximum absolute atomic E-state index is 12.8. The molecule has 4 nitrogen and oxygen atoms in total. The molecule has 1 unspecified atom stereocenters. The number of carbonyl (C=O) groups excluding carboxylic acids is 2. The lowest BCUT2D eigenvalue weighted by Crippen LogP contribution is -2.30. The van der Waals surface area contributed by atoms with E-state index in [0.29, 0.717) is 17.1 Å². The minimum atomic E-state index is -0.661. The Hall–Kier alpha value is -2.11. The van der Waals surface area contributed by atoms with Crippen molar-refractivity contribution in [1.29, 1.82) is 0 Å². The first-order chi connectivity index (χ1) is 12.9. The van der Waals surface area contributed by atoms with Crippen molar-refractivity contribution in [2.45, 2.75) is 25.8 Å². The third-order valence-electron chi connectivity index (χ3n) is 4.60. The Morgan fingerprint density at radius 2 is 1.74 bits per heavy atom. The molecular weight excluding hydrogens is 430 g/mol. The van der Waals surface area contributed by atoms with Crippen molar-refractivity contribution in [1.82, 2.24) is 4.90 Å². The van der Waals surface area contributed by atoms with E-state index in [0.717, 1.165) is 22.9 Å². The summed E-state index contributed by atoms with van der Waals surface area (Å²) in [6.45, 7) is 2.48. The summed E-state index contributed by atoms with van der Waals surface area (Å²) in [6.07, 6.45) is 1.67. The summed E-state index contributed by atoms with van der Waals surface area (Å²) < 4.78 is 0.898. The van der Waals surface area contributed by atoms with E-state index < -0.39 is 17.7 Å². The quantitative estimate of drug-likeness (QED) is 0.382. The standard InChI is InChI=1S/C21H19BrClNO3/c1-2-3-12-24-18(13-4-8-15(22)9-5-13)17(20(26)21(24)27)19(25)14-6-10-16(23)11-7-14/h4-11,18,25H,2-3,12H2,1H3/b19-17+. The molecule has 27 heavy (non-hydrogen) atoms. The van der Waals surface area contributed by atoms with Gasteiger partial charge in [-0.3, -0.25) is 9.59 Å². The Kier molecular flexibility index (Phi) is 6.02. The predicted molar refractivity (Wildman–Crippen MR) is 110 cm³/mol. The van der Waals surface area contributed by atoms with E-state index in [9.17, 15) is 14.7 Å². The van der Waals surface area contributed by atoms with Gasteiger partial charge in [0.15, 0.2) is 0 Å². The highest BCUT2D eigenvalue weighted by molar-refractivity contribution is 9.10. The molecule has 1 aliphatic heterocycles. The van der Waals surface area contributed by atoms with Gasteiger partial charge in [-0.15, -0.1) is 0 Å². The van der Waals surface area contributed by atoms with E-state index in [1.165, 1.54) is 0 Å². The maximum Gasteiger partial charge on any atom is 0.295 e. The Labute approximate surface area is 171 Å². The van der Waals surface area contributed by atoms with Gasteiger partial charge in [0.1, 0.15) is 5.76 Å². The molecule has 140 valence electrons. The number of hydrogen-bond donors (Lipinski definition) is 1. The van der Waals surface area contributed by atoms with Crippen LogP contribution in [0.3, 0.4) is 0 Å². The topological polar surface area (TPSA) is 57.6 Å². The van der Waals surface area contributed by atoms with Crippen molar-refractivity contribution in [2.24, 2.45) is 0 Å². The lowest BCUT2D eigenvalue weighted by atomic mass is 9.95. The molecule has 1 N–H and O–H groups in total. The second-order valence-corrected chi connectivity index (χ2v) is 7.76. The lowest BCUT2D eigenvalue weighted by molar-refractivity contribution is -0.139. The first kappa shape index (κ1) is 19.6. The van der Waals surface area contributed by atoms with E-state index in [2.05, 4.69) is 15.9 Å². The summed E-state index contributed by atoms with van der Waals surface area (Å²) >= 11 is 9.32. The van der Waals surface area contributed by atoms with Gasteiger partial charge in [0.05, 0.1) is 11.6 Å². The van der Waals surface area contributed by atoms with Crippen molar-refractivity contribution >= 4 is 45.0 Å². The molecule has 1 amide bonds. The average molecular weight is 449 g/mol. The van der Waals surface area contributed by atoms with E-state index in [1.54, 1.807) is 29.2 Å². The van der Waals surface area contributed by atoms with Crippen LogP contribution in [0.2, 0.25) is 5.02 Å². The fraction of sp³-hybridized carbons (Fsp3) is 0.238. The smallest absolute Gasteiger partial charge is 0.295 e. The zero-order valence-corrected chi connectivity index (χ0v) is 17.1. The average Bonchev–Trinajstić information content (AvgIpc) is 2.91. The largest absolute Gasteiger partial charge is 0.507 e. The van der Waals surface area contributed by atoms with Gasteiger partial charge in [0.2, 0.25) is 0 Å². The van der Waals surface area contributed by atoms with Crippen molar-refractivity contribution in [3.05, 3.63) is 74.7 Å². The molecule has 0 aliphatic carbocycles. The molecule has 1 aliphatic rings. The summed E-state index contributed by atoms with van der Waals surface area (Å²) in [4.78, 5) is 27.0. The van der Waals surface area contributed by atoms with Crippen molar-refractivity contribution in [2.75, 3.05) is 6.54 Å². The van der Waals surface area contributed by atoms with Gasteiger partial charge in [0, 0.05) is 21.6 Å². The molecule has 1 atom stereocenters. The SMILES string of the molecule is CCCCN1C(=O)C(=O)/C(=C(/O)c2ccc(Cl)cc2)C1c1ccc(Br)cc1. The number of hydrogen-bond acceptors (Lipinski definition) is 3. The van der Waals surface area contributed by atoms with Gasteiger partial charge in [-0.2, -0.15) is 0 Å². The number of nitrogens with zero attached hydrogens (tertiary/aromatic N) is 1. The zero-order valence-electron chi connectivity index (χ0n) is 14.8. The molecule has 3 rings (SSSR count). The Bertz CT molecular complexity index is 891. The van der Waals surface area contributed by atoms with Crippen molar-refractivity contribution < 1.29 is 14.7 Å². The second kappa shape index (κ2) is 8.28. The van der Waals surface area contributed by atoms with Crippen LogP contribution in [0.25, 0.3) is 5.76 Å². The van der Waals surface area contributed by atoms with Crippen LogP contribution < -0.4 is 0 Å². The van der Waals surface area contributed by atoms with Gasteiger partial charge in [-0.1, -0.05) is 53.0 Å². The normalized spacial score (nSPS) is 18.9. The molecule has 0 spiro atoms. The highest BCUT2D eigenvalue weighted by Crippen LogP contribution is 2.39. The number of unbranched alkanes of at least 4 members (excludes halogenated alkanes) is 1. The number of likely N-dealkylation sites (tertiary alicyclic amines) is 1. The molecule has 1 heterocycles. The van der Waals surface area contributed by atoms with Crippen LogP contribution in [-0.4, -0.2) is 28.2 Å². The Morgan fingerprint density at radius 1 is 1.11 bits per heavy atom. The maximum atomic E-state index is 12.8. The van der Waals surface area contributed by atoms with E-state index in [4.69, 9.17) is 11.6 Å².